The van der Waals surface area contributed by atoms with E-state index < -0.39 is 35.6 Å². The Morgan fingerprint density at radius 1 is 0.944 bits per heavy atom. The second kappa shape index (κ2) is 14.8. The monoisotopic (exact) mass is 494 g/mol. The molecule has 3 atom stereocenters. The zero-order valence-electron chi connectivity index (χ0n) is 21.3. The van der Waals surface area contributed by atoms with Crippen molar-refractivity contribution < 1.29 is 19.6 Å². The van der Waals surface area contributed by atoms with Gasteiger partial charge in [-0.25, -0.2) is 5.48 Å². The standard InChI is InChI=1S/C28H38N4O4/c1-20(2)19-25(24(27(34)31-36)16-10-15-22-11-6-4-7-12-22)26(33)30-32(28(35)21(3)29)18-17-23-13-8-5-9-14-23/h4-15,20-21,24-25,36H,16-19,29H2,1-3H3,(H,30,33)(H,31,34)/b15-10+/t21-,24+,25-/m1/s1. The van der Waals surface area contributed by atoms with E-state index in [2.05, 4.69) is 5.43 Å². The molecule has 0 fully saturated rings. The van der Waals surface area contributed by atoms with Gasteiger partial charge in [-0.1, -0.05) is 86.7 Å². The average molecular weight is 495 g/mol. The zero-order valence-corrected chi connectivity index (χ0v) is 21.3. The molecule has 0 aliphatic rings. The van der Waals surface area contributed by atoms with E-state index in [1.54, 1.807) is 12.4 Å². The Bertz CT molecular complexity index is 993. The Balaban J connectivity index is 2.24. The fraction of sp³-hybridized carbons (Fsp3) is 0.393. The molecular weight excluding hydrogens is 456 g/mol. The highest BCUT2D eigenvalue weighted by atomic mass is 16.5. The lowest BCUT2D eigenvalue weighted by Gasteiger charge is -2.30. The quantitative estimate of drug-likeness (QED) is 0.266. The van der Waals surface area contributed by atoms with Gasteiger partial charge < -0.3 is 5.73 Å². The van der Waals surface area contributed by atoms with E-state index in [1.165, 1.54) is 5.01 Å². The maximum absolute atomic E-state index is 13.5. The van der Waals surface area contributed by atoms with Crippen molar-refractivity contribution in [2.45, 2.75) is 46.1 Å². The lowest BCUT2D eigenvalue weighted by atomic mass is 9.82. The Morgan fingerprint density at radius 2 is 1.56 bits per heavy atom. The Labute approximate surface area is 213 Å². The lowest BCUT2D eigenvalue weighted by molar-refractivity contribution is -0.147. The first-order valence-corrected chi connectivity index (χ1v) is 12.3. The van der Waals surface area contributed by atoms with Gasteiger partial charge in [-0.3, -0.25) is 30.0 Å². The SMILES string of the molecule is CC(C)C[C@@H](C(=O)NN(CCc1ccccc1)C(=O)[C@@H](C)N)[C@H](C/C=C/c1ccccc1)C(=O)NO. The number of allylic oxidation sites excluding steroid dienone is 1. The second-order valence-corrected chi connectivity index (χ2v) is 9.36. The largest absolute Gasteiger partial charge is 0.320 e. The summed E-state index contributed by atoms with van der Waals surface area (Å²) < 4.78 is 0. The third-order valence-electron chi connectivity index (χ3n) is 5.86. The van der Waals surface area contributed by atoms with Crippen molar-refractivity contribution in [3.8, 4) is 0 Å². The van der Waals surface area contributed by atoms with E-state index in [0.717, 1.165) is 11.1 Å². The van der Waals surface area contributed by atoms with Crippen LogP contribution in [0.15, 0.2) is 66.7 Å². The number of hydroxylamine groups is 1. The third kappa shape index (κ3) is 9.28. The number of hydrogen-bond donors (Lipinski definition) is 4. The Hall–Kier alpha value is -3.49. The van der Waals surface area contributed by atoms with E-state index in [0.29, 0.717) is 12.8 Å². The van der Waals surface area contributed by atoms with Crippen molar-refractivity contribution in [3.63, 3.8) is 0 Å². The molecule has 8 heteroatoms. The van der Waals surface area contributed by atoms with Crippen molar-refractivity contribution in [1.82, 2.24) is 15.9 Å². The fourth-order valence-electron chi connectivity index (χ4n) is 3.98. The van der Waals surface area contributed by atoms with Crippen LogP contribution < -0.4 is 16.6 Å². The van der Waals surface area contributed by atoms with E-state index in [1.807, 2.05) is 86.7 Å². The van der Waals surface area contributed by atoms with Crippen molar-refractivity contribution in [3.05, 3.63) is 77.9 Å². The molecule has 2 rings (SSSR count). The molecule has 8 nitrogen and oxygen atoms in total. The molecule has 2 aromatic carbocycles. The number of carbonyl (C=O) groups excluding carboxylic acids is 3. The first kappa shape index (κ1) is 28.7. The molecule has 0 bridgehead atoms. The predicted octanol–water partition coefficient (Wildman–Crippen LogP) is 3.32. The van der Waals surface area contributed by atoms with Gasteiger partial charge in [0, 0.05) is 6.54 Å². The van der Waals surface area contributed by atoms with Gasteiger partial charge >= 0.3 is 0 Å². The molecule has 5 N–H and O–H groups in total. The smallest absolute Gasteiger partial charge is 0.257 e. The summed E-state index contributed by atoms with van der Waals surface area (Å²) in [5.74, 6) is -3.06. The summed E-state index contributed by atoms with van der Waals surface area (Å²) in [6.07, 6.45) is 4.83. The summed E-state index contributed by atoms with van der Waals surface area (Å²) in [6.45, 7) is 5.70. The first-order valence-electron chi connectivity index (χ1n) is 12.3. The molecule has 0 heterocycles. The predicted molar refractivity (Wildman–Crippen MR) is 140 cm³/mol. The van der Waals surface area contributed by atoms with Crippen LogP contribution in [0.3, 0.4) is 0 Å². The number of rotatable bonds is 12. The maximum Gasteiger partial charge on any atom is 0.257 e. The molecule has 194 valence electrons. The number of amides is 3. The molecule has 0 aromatic heterocycles. The van der Waals surface area contributed by atoms with Crippen molar-refractivity contribution in [1.29, 1.82) is 0 Å². The van der Waals surface area contributed by atoms with Crippen LogP contribution in [0.2, 0.25) is 0 Å². The topological polar surface area (TPSA) is 125 Å². The summed E-state index contributed by atoms with van der Waals surface area (Å²) in [5.41, 5.74) is 12.2. The molecule has 0 aliphatic heterocycles. The highest BCUT2D eigenvalue weighted by Crippen LogP contribution is 2.25. The van der Waals surface area contributed by atoms with Gasteiger partial charge in [0.1, 0.15) is 0 Å². The van der Waals surface area contributed by atoms with Gasteiger partial charge in [0.2, 0.25) is 11.8 Å². The summed E-state index contributed by atoms with van der Waals surface area (Å²) in [5, 5.41) is 10.6. The van der Waals surface area contributed by atoms with Gasteiger partial charge in [-0.2, -0.15) is 0 Å². The number of nitrogens with two attached hydrogens (primary N) is 1. The van der Waals surface area contributed by atoms with E-state index in [-0.39, 0.29) is 18.9 Å². The van der Waals surface area contributed by atoms with Crippen molar-refractivity contribution in [2.75, 3.05) is 6.54 Å². The van der Waals surface area contributed by atoms with Crippen LogP contribution in [0.5, 0.6) is 0 Å². The van der Waals surface area contributed by atoms with Gasteiger partial charge in [-0.05, 0) is 43.2 Å². The number of carbonyl (C=O) groups is 3. The van der Waals surface area contributed by atoms with Crippen molar-refractivity contribution >= 4 is 23.8 Å². The van der Waals surface area contributed by atoms with Gasteiger partial charge in [-0.15, -0.1) is 0 Å². The summed E-state index contributed by atoms with van der Waals surface area (Å²) >= 11 is 0. The van der Waals surface area contributed by atoms with E-state index in [9.17, 15) is 19.6 Å². The average Bonchev–Trinajstić information content (AvgIpc) is 2.88. The van der Waals surface area contributed by atoms with E-state index >= 15 is 0 Å². The molecule has 0 spiro atoms. The number of hydrazine groups is 1. The third-order valence-corrected chi connectivity index (χ3v) is 5.86. The van der Waals surface area contributed by atoms with Crippen LogP contribution in [-0.2, 0) is 20.8 Å². The highest BCUT2D eigenvalue weighted by molar-refractivity contribution is 5.89. The minimum absolute atomic E-state index is 0.0924. The number of nitrogens with zero attached hydrogens (tertiary/aromatic N) is 1. The molecule has 36 heavy (non-hydrogen) atoms. The fourth-order valence-corrected chi connectivity index (χ4v) is 3.98. The van der Waals surface area contributed by atoms with Crippen LogP contribution in [0.4, 0.5) is 0 Å². The lowest BCUT2D eigenvalue weighted by Crippen LogP contribution is -2.55. The number of nitrogens with one attached hydrogen (secondary N) is 2. The minimum atomic E-state index is -0.835. The molecule has 0 unspecified atom stereocenters. The summed E-state index contributed by atoms with van der Waals surface area (Å²) in [4.78, 5) is 38.9. The van der Waals surface area contributed by atoms with Crippen molar-refractivity contribution in [2.24, 2.45) is 23.5 Å². The number of hydrogen-bond acceptors (Lipinski definition) is 5. The molecule has 0 aliphatic carbocycles. The molecular formula is C28H38N4O4. The van der Waals surface area contributed by atoms with Gasteiger partial charge in [0.05, 0.1) is 17.9 Å². The van der Waals surface area contributed by atoms with Crippen LogP contribution >= 0.6 is 0 Å². The number of benzene rings is 2. The minimum Gasteiger partial charge on any atom is -0.320 e. The Morgan fingerprint density at radius 3 is 2.11 bits per heavy atom. The molecule has 0 radical (unpaired) electrons. The normalized spacial score (nSPS) is 13.7. The first-order chi connectivity index (χ1) is 17.2. The van der Waals surface area contributed by atoms with Crippen LogP contribution in [0.1, 0.15) is 44.7 Å². The molecule has 0 saturated heterocycles. The summed E-state index contributed by atoms with van der Waals surface area (Å²) in [6, 6.07) is 18.4. The van der Waals surface area contributed by atoms with Crippen LogP contribution in [0, 0.1) is 17.8 Å². The second-order valence-electron chi connectivity index (χ2n) is 9.36. The zero-order chi connectivity index (χ0) is 26.5. The molecule has 0 saturated carbocycles. The molecule has 3 amide bonds. The van der Waals surface area contributed by atoms with E-state index in [4.69, 9.17) is 5.73 Å². The Kier molecular flexibility index (Phi) is 11.8. The highest BCUT2D eigenvalue weighted by Gasteiger charge is 2.35. The molecule has 2 aromatic rings. The van der Waals surface area contributed by atoms with Gasteiger partial charge in [0.25, 0.3) is 5.91 Å². The van der Waals surface area contributed by atoms with Gasteiger partial charge in [0.15, 0.2) is 0 Å². The summed E-state index contributed by atoms with van der Waals surface area (Å²) in [7, 11) is 0. The van der Waals surface area contributed by atoms with Crippen LogP contribution in [0.25, 0.3) is 6.08 Å². The van der Waals surface area contributed by atoms with Crippen LogP contribution in [-0.4, -0.2) is 40.5 Å². The maximum atomic E-state index is 13.5.